The highest BCUT2D eigenvalue weighted by atomic mass is 16.1. The molecule has 148 valence electrons. The molecule has 6 heteroatoms. The zero-order valence-corrected chi connectivity index (χ0v) is 16.4. The zero-order chi connectivity index (χ0) is 19.6. The lowest BCUT2D eigenvalue weighted by atomic mass is 10.1. The van der Waals surface area contributed by atoms with Crippen LogP contribution in [0.5, 0.6) is 0 Å². The lowest BCUT2D eigenvalue weighted by molar-refractivity contribution is 0.244. The van der Waals surface area contributed by atoms with Crippen molar-refractivity contribution in [3.8, 4) is 11.4 Å². The maximum Gasteiger partial charge on any atom is 0.255 e. The molecule has 2 N–H and O–H groups in total. The van der Waals surface area contributed by atoms with Gasteiger partial charge in [0.2, 0.25) is 0 Å². The van der Waals surface area contributed by atoms with E-state index < -0.39 is 0 Å². The van der Waals surface area contributed by atoms with Crippen molar-refractivity contribution in [2.45, 2.75) is 38.4 Å². The Morgan fingerprint density at radius 3 is 3.03 bits per heavy atom. The van der Waals surface area contributed by atoms with E-state index in [0.29, 0.717) is 18.4 Å². The van der Waals surface area contributed by atoms with Gasteiger partial charge in [-0.1, -0.05) is 24.3 Å². The van der Waals surface area contributed by atoms with Crippen molar-refractivity contribution in [3.05, 3.63) is 81.5 Å². The number of pyridine rings is 1. The Morgan fingerprint density at radius 2 is 2.14 bits per heavy atom. The van der Waals surface area contributed by atoms with Crippen LogP contribution in [0.1, 0.15) is 41.4 Å². The second kappa shape index (κ2) is 7.89. The number of benzene rings is 1. The summed E-state index contributed by atoms with van der Waals surface area (Å²) < 4.78 is 0. The van der Waals surface area contributed by atoms with Crippen LogP contribution < -0.4 is 10.9 Å². The summed E-state index contributed by atoms with van der Waals surface area (Å²) in [4.78, 5) is 27.3. The van der Waals surface area contributed by atoms with Gasteiger partial charge in [0.15, 0.2) is 0 Å². The van der Waals surface area contributed by atoms with Crippen molar-refractivity contribution in [2.75, 3.05) is 13.1 Å². The highest BCUT2D eigenvalue weighted by Crippen LogP contribution is 2.32. The number of hydrogen-bond donors (Lipinski definition) is 2. The molecule has 1 saturated heterocycles. The van der Waals surface area contributed by atoms with Crippen LogP contribution in [-0.2, 0) is 19.5 Å². The minimum Gasteiger partial charge on any atom is -0.312 e. The van der Waals surface area contributed by atoms with Crippen molar-refractivity contribution in [2.24, 2.45) is 0 Å². The van der Waals surface area contributed by atoms with Crippen LogP contribution >= 0.6 is 0 Å². The molecule has 0 spiro atoms. The number of nitrogens with zero attached hydrogens (tertiary/aromatic N) is 3. The van der Waals surface area contributed by atoms with E-state index in [2.05, 4.69) is 50.5 Å². The molecule has 0 amide bonds. The van der Waals surface area contributed by atoms with Gasteiger partial charge in [0, 0.05) is 37.8 Å². The number of aromatic amines is 1. The quantitative estimate of drug-likeness (QED) is 0.720. The number of hydrogen-bond acceptors (Lipinski definition) is 5. The molecule has 0 saturated carbocycles. The molecule has 2 aliphatic rings. The maximum atomic E-state index is 12.5. The van der Waals surface area contributed by atoms with Gasteiger partial charge in [-0.25, -0.2) is 4.98 Å². The zero-order valence-electron chi connectivity index (χ0n) is 16.4. The lowest BCUT2D eigenvalue weighted by Crippen LogP contribution is -2.31. The summed E-state index contributed by atoms with van der Waals surface area (Å²) in [5, 5.41) is 3.24. The first-order valence-corrected chi connectivity index (χ1v) is 10.3. The Balaban J connectivity index is 1.41. The van der Waals surface area contributed by atoms with E-state index in [1.165, 1.54) is 12.0 Å². The van der Waals surface area contributed by atoms with Crippen LogP contribution in [-0.4, -0.2) is 32.9 Å². The fraction of sp³-hybridized carbons (Fsp3) is 0.348. The first kappa shape index (κ1) is 18.2. The molecule has 6 nitrogen and oxygen atoms in total. The average Bonchev–Trinajstić information content (AvgIpc) is 3.23. The fourth-order valence-electron chi connectivity index (χ4n) is 4.47. The normalized spacial score (nSPS) is 19.2. The first-order valence-electron chi connectivity index (χ1n) is 10.3. The Labute approximate surface area is 170 Å². The van der Waals surface area contributed by atoms with Crippen molar-refractivity contribution >= 4 is 0 Å². The maximum absolute atomic E-state index is 12.5. The summed E-state index contributed by atoms with van der Waals surface area (Å²) in [7, 11) is 0. The molecular formula is C23H25N5O. The highest BCUT2D eigenvalue weighted by Gasteiger charge is 2.27. The van der Waals surface area contributed by atoms with Gasteiger partial charge in [0.1, 0.15) is 5.82 Å². The highest BCUT2D eigenvalue weighted by molar-refractivity contribution is 5.56. The minimum absolute atomic E-state index is 0.0302. The largest absolute Gasteiger partial charge is 0.312 e. The molecule has 0 bridgehead atoms. The molecule has 1 aromatic carbocycles. The molecular weight excluding hydrogens is 362 g/mol. The number of H-pyrrole nitrogens is 1. The Bertz CT molecular complexity index is 1060. The third-order valence-electron chi connectivity index (χ3n) is 5.92. The Hall–Kier alpha value is -2.83. The predicted octanol–water partition coefficient (Wildman–Crippen LogP) is 2.81. The number of nitrogens with one attached hydrogen (secondary N) is 2. The van der Waals surface area contributed by atoms with Gasteiger partial charge >= 0.3 is 0 Å². The van der Waals surface area contributed by atoms with Crippen LogP contribution in [0.25, 0.3) is 11.4 Å². The van der Waals surface area contributed by atoms with E-state index in [1.807, 2.05) is 18.3 Å². The number of rotatable bonds is 4. The van der Waals surface area contributed by atoms with Gasteiger partial charge < -0.3 is 10.3 Å². The first-order chi connectivity index (χ1) is 14.3. The lowest BCUT2D eigenvalue weighted by Gasteiger charge is -2.24. The van der Waals surface area contributed by atoms with Crippen molar-refractivity contribution in [3.63, 3.8) is 0 Å². The second-order valence-corrected chi connectivity index (χ2v) is 7.85. The molecule has 3 aromatic rings. The van der Waals surface area contributed by atoms with Gasteiger partial charge in [0.05, 0.1) is 23.0 Å². The van der Waals surface area contributed by atoms with Crippen molar-refractivity contribution in [1.29, 1.82) is 0 Å². The van der Waals surface area contributed by atoms with E-state index in [-0.39, 0.29) is 5.56 Å². The van der Waals surface area contributed by atoms with E-state index in [4.69, 9.17) is 4.98 Å². The van der Waals surface area contributed by atoms with Crippen LogP contribution in [0.2, 0.25) is 0 Å². The standard InChI is InChI=1S/C23H25N5O/c29-23-18-14-24-11-9-19(18)26-22(27-23)17-6-3-5-16(13-17)15-28-12-4-8-21(28)20-7-1-2-10-25-20/h1-3,5-7,10,13,21,24H,4,8-9,11-12,14-15H2,(H,26,27,29). The Morgan fingerprint density at radius 1 is 1.17 bits per heavy atom. The molecule has 2 aliphatic heterocycles. The molecule has 0 radical (unpaired) electrons. The molecule has 5 rings (SSSR count). The predicted molar refractivity (Wildman–Crippen MR) is 112 cm³/mol. The van der Waals surface area contributed by atoms with Crippen LogP contribution in [0.4, 0.5) is 0 Å². The fourth-order valence-corrected chi connectivity index (χ4v) is 4.47. The van der Waals surface area contributed by atoms with Crippen LogP contribution in [0.3, 0.4) is 0 Å². The summed E-state index contributed by atoms with van der Waals surface area (Å²) in [5.74, 6) is 0.667. The van der Waals surface area contributed by atoms with Crippen molar-refractivity contribution < 1.29 is 0 Å². The third-order valence-corrected chi connectivity index (χ3v) is 5.92. The van der Waals surface area contributed by atoms with Gasteiger partial charge in [-0.2, -0.15) is 0 Å². The van der Waals surface area contributed by atoms with Gasteiger partial charge in [-0.05, 0) is 43.1 Å². The smallest absolute Gasteiger partial charge is 0.255 e. The number of aromatic nitrogens is 3. The summed E-state index contributed by atoms with van der Waals surface area (Å²) in [6.07, 6.45) is 5.00. The molecule has 4 heterocycles. The minimum atomic E-state index is -0.0302. The SMILES string of the molecule is O=c1[nH]c(-c2cccc(CN3CCCC3c3ccccn3)c2)nc2c1CNCC2. The molecule has 0 aliphatic carbocycles. The summed E-state index contributed by atoms with van der Waals surface area (Å²) in [5.41, 5.74) is 5.00. The summed E-state index contributed by atoms with van der Waals surface area (Å²) >= 11 is 0. The van der Waals surface area contributed by atoms with Gasteiger partial charge in [0.25, 0.3) is 5.56 Å². The van der Waals surface area contributed by atoms with Gasteiger partial charge in [-0.15, -0.1) is 0 Å². The number of likely N-dealkylation sites (tertiary alicyclic amines) is 1. The second-order valence-electron chi connectivity index (χ2n) is 7.85. The van der Waals surface area contributed by atoms with E-state index in [1.54, 1.807) is 0 Å². The monoisotopic (exact) mass is 387 g/mol. The number of fused-ring (bicyclic) bond motifs is 1. The van der Waals surface area contributed by atoms with Crippen LogP contribution in [0.15, 0.2) is 53.5 Å². The molecule has 1 fully saturated rings. The Kier molecular flexibility index (Phi) is 4.96. The van der Waals surface area contributed by atoms with E-state index in [0.717, 1.165) is 55.0 Å². The summed E-state index contributed by atoms with van der Waals surface area (Å²) in [6, 6.07) is 14.9. The van der Waals surface area contributed by atoms with E-state index in [9.17, 15) is 4.79 Å². The van der Waals surface area contributed by atoms with Gasteiger partial charge in [-0.3, -0.25) is 14.7 Å². The third kappa shape index (κ3) is 3.73. The molecule has 1 atom stereocenters. The van der Waals surface area contributed by atoms with Crippen molar-refractivity contribution in [1.82, 2.24) is 25.2 Å². The van der Waals surface area contributed by atoms with E-state index >= 15 is 0 Å². The molecule has 1 unspecified atom stereocenters. The molecule has 29 heavy (non-hydrogen) atoms. The summed E-state index contributed by atoms with van der Waals surface area (Å²) in [6.45, 7) is 3.41. The van der Waals surface area contributed by atoms with Crippen LogP contribution in [0, 0.1) is 0 Å². The molecule has 2 aromatic heterocycles. The average molecular weight is 387 g/mol. The topological polar surface area (TPSA) is 73.9 Å².